The molecule has 3 atom stereocenters. The number of hydrogen-bond donors (Lipinski definition) is 2. The summed E-state index contributed by atoms with van der Waals surface area (Å²) in [5.41, 5.74) is 1.03. The molecule has 7 heteroatoms. The summed E-state index contributed by atoms with van der Waals surface area (Å²) in [7, 11) is 0. The normalized spacial score (nSPS) is 24.1. The molecule has 142 valence electrons. The van der Waals surface area contributed by atoms with Crippen molar-refractivity contribution in [2.24, 2.45) is 16.8 Å². The van der Waals surface area contributed by atoms with E-state index >= 15 is 0 Å². The van der Waals surface area contributed by atoms with Crippen molar-refractivity contribution in [3.05, 3.63) is 64.1 Å². The van der Waals surface area contributed by atoms with Gasteiger partial charge in [-0.3, -0.25) is 10.1 Å². The summed E-state index contributed by atoms with van der Waals surface area (Å²) in [6.45, 7) is 1.03. The Balaban J connectivity index is 1.42. The highest BCUT2D eigenvalue weighted by atomic mass is 16.6. The van der Waals surface area contributed by atoms with Gasteiger partial charge in [0.05, 0.1) is 24.3 Å². The number of guanidine groups is 1. The monoisotopic (exact) mass is 368 g/mol. The molecule has 7 nitrogen and oxygen atoms in total. The average Bonchev–Trinajstić information content (AvgIpc) is 3.42. The number of furan rings is 1. The van der Waals surface area contributed by atoms with E-state index in [2.05, 4.69) is 10.6 Å². The molecule has 2 N–H and O–H groups in total. The lowest BCUT2D eigenvalue weighted by molar-refractivity contribution is -0.384. The molecule has 3 unspecified atom stereocenters. The zero-order valence-corrected chi connectivity index (χ0v) is 15.1. The topological polar surface area (TPSA) is 92.7 Å². The molecule has 0 radical (unpaired) electrons. The number of non-ortho nitro benzene ring substituents is 1. The number of fused-ring (bicyclic) bond motifs is 2. The molecule has 2 aromatic rings. The van der Waals surface area contributed by atoms with E-state index in [1.54, 1.807) is 18.4 Å². The van der Waals surface area contributed by atoms with Crippen LogP contribution in [0.25, 0.3) is 0 Å². The van der Waals surface area contributed by atoms with Gasteiger partial charge in [-0.15, -0.1) is 0 Å². The fraction of sp³-hybridized carbons (Fsp3) is 0.450. The largest absolute Gasteiger partial charge is 0.467 e. The number of hydrogen-bond acceptors (Lipinski definition) is 4. The van der Waals surface area contributed by atoms with Crippen molar-refractivity contribution in [2.75, 3.05) is 0 Å². The summed E-state index contributed by atoms with van der Waals surface area (Å²) in [5, 5.41) is 17.7. The van der Waals surface area contributed by atoms with Gasteiger partial charge in [-0.2, -0.15) is 0 Å². The van der Waals surface area contributed by atoms with Gasteiger partial charge in [0.15, 0.2) is 5.96 Å². The zero-order chi connectivity index (χ0) is 18.6. The van der Waals surface area contributed by atoms with Crippen LogP contribution in [0.4, 0.5) is 5.69 Å². The van der Waals surface area contributed by atoms with E-state index < -0.39 is 0 Å². The quantitative estimate of drug-likeness (QED) is 0.352. The van der Waals surface area contributed by atoms with E-state index in [1.165, 1.54) is 37.8 Å². The minimum atomic E-state index is -0.389. The molecule has 2 fully saturated rings. The summed E-state index contributed by atoms with van der Waals surface area (Å²) in [4.78, 5) is 15.1. The van der Waals surface area contributed by atoms with E-state index in [0.717, 1.165) is 29.1 Å². The third-order valence-corrected chi connectivity index (χ3v) is 5.64. The van der Waals surface area contributed by atoms with E-state index in [-0.39, 0.29) is 10.6 Å². The molecule has 0 saturated heterocycles. The maximum absolute atomic E-state index is 10.8. The Morgan fingerprint density at radius 3 is 2.70 bits per heavy atom. The van der Waals surface area contributed by atoms with Gasteiger partial charge in [0, 0.05) is 18.2 Å². The van der Waals surface area contributed by atoms with Gasteiger partial charge in [0.25, 0.3) is 5.69 Å². The first-order chi connectivity index (χ1) is 13.2. The van der Waals surface area contributed by atoms with Gasteiger partial charge in [-0.05, 0) is 48.8 Å². The number of nitro benzene ring substituents is 1. The van der Waals surface area contributed by atoms with Crippen LogP contribution < -0.4 is 10.6 Å². The molecule has 2 saturated carbocycles. The number of nitrogens with zero attached hydrogens (tertiary/aromatic N) is 2. The Bertz CT molecular complexity index is 801. The highest BCUT2D eigenvalue weighted by molar-refractivity contribution is 5.80. The lowest BCUT2D eigenvalue weighted by Crippen LogP contribution is -2.45. The minimum Gasteiger partial charge on any atom is -0.467 e. The van der Waals surface area contributed by atoms with Crippen LogP contribution in [0, 0.1) is 22.0 Å². The molecule has 2 bridgehead atoms. The summed E-state index contributed by atoms with van der Waals surface area (Å²) < 4.78 is 5.39. The van der Waals surface area contributed by atoms with Crippen LogP contribution in [0.2, 0.25) is 0 Å². The van der Waals surface area contributed by atoms with Crippen LogP contribution in [0.5, 0.6) is 0 Å². The summed E-state index contributed by atoms with van der Waals surface area (Å²) in [6.07, 6.45) is 6.86. The van der Waals surface area contributed by atoms with Gasteiger partial charge in [-0.25, -0.2) is 4.99 Å². The summed E-state index contributed by atoms with van der Waals surface area (Å²) >= 11 is 0. The predicted octanol–water partition coefficient (Wildman–Crippen LogP) is 3.61. The van der Waals surface area contributed by atoms with E-state index in [9.17, 15) is 10.1 Å². The van der Waals surface area contributed by atoms with Gasteiger partial charge >= 0.3 is 0 Å². The minimum absolute atomic E-state index is 0.0963. The van der Waals surface area contributed by atoms with Crippen molar-refractivity contribution in [3.63, 3.8) is 0 Å². The van der Waals surface area contributed by atoms with E-state index in [4.69, 9.17) is 9.41 Å². The molecular weight excluding hydrogens is 344 g/mol. The Morgan fingerprint density at radius 1 is 1.22 bits per heavy atom. The van der Waals surface area contributed by atoms with Crippen molar-refractivity contribution >= 4 is 11.6 Å². The van der Waals surface area contributed by atoms with Crippen LogP contribution >= 0.6 is 0 Å². The number of rotatable bonds is 6. The second-order valence-corrected chi connectivity index (χ2v) is 7.45. The Morgan fingerprint density at radius 2 is 2.07 bits per heavy atom. The summed E-state index contributed by atoms with van der Waals surface area (Å²) in [6, 6.07) is 10.8. The third kappa shape index (κ3) is 4.30. The molecule has 27 heavy (non-hydrogen) atoms. The SMILES string of the molecule is O=[N+]([O-])c1ccc(CN=C(NCc2ccco2)NC2CC3CCC2C3)cc1. The smallest absolute Gasteiger partial charge is 0.269 e. The second kappa shape index (κ2) is 7.82. The molecule has 1 aromatic heterocycles. The zero-order valence-electron chi connectivity index (χ0n) is 15.1. The highest BCUT2D eigenvalue weighted by Crippen LogP contribution is 2.44. The third-order valence-electron chi connectivity index (χ3n) is 5.64. The van der Waals surface area contributed by atoms with Crippen LogP contribution in [-0.2, 0) is 13.1 Å². The lowest BCUT2D eigenvalue weighted by Gasteiger charge is -2.25. The number of aliphatic imine (C=N–C) groups is 1. The Kier molecular flexibility index (Phi) is 5.09. The van der Waals surface area contributed by atoms with Crippen LogP contribution in [0.1, 0.15) is 37.0 Å². The van der Waals surface area contributed by atoms with Crippen LogP contribution in [0.15, 0.2) is 52.1 Å². The van der Waals surface area contributed by atoms with Gasteiger partial charge in [0.2, 0.25) is 0 Å². The molecule has 1 heterocycles. The Labute approximate surface area is 158 Å². The molecule has 0 amide bonds. The lowest BCUT2D eigenvalue weighted by atomic mass is 9.95. The first-order valence-electron chi connectivity index (χ1n) is 9.48. The molecule has 2 aliphatic rings. The highest BCUT2D eigenvalue weighted by Gasteiger charge is 2.39. The predicted molar refractivity (Wildman–Crippen MR) is 102 cm³/mol. The van der Waals surface area contributed by atoms with Crippen molar-refractivity contribution < 1.29 is 9.34 Å². The molecule has 4 rings (SSSR count). The molecule has 0 aliphatic heterocycles. The molecular formula is C20H24N4O3. The van der Waals surface area contributed by atoms with Crippen molar-refractivity contribution in [1.29, 1.82) is 0 Å². The standard InChI is InChI=1S/C20H24N4O3/c25-24(26)17-7-4-14(5-8-17)12-21-20(22-13-18-2-1-9-27-18)23-19-11-15-3-6-16(19)10-15/h1-2,4-5,7-9,15-16,19H,3,6,10-13H2,(H2,21,22,23). The second-order valence-electron chi connectivity index (χ2n) is 7.45. The fourth-order valence-electron chi connectivity index (χ4n) is 4.23. The molecule has 0 spiro atoms. The maximum atomic E-state index is 10.8. The molecule has 1 aromatic carbocycles. The van der Waals surface area contributed by atoms with Gasteiger partial charge < -0.3 is 15.1 Å². The van der Waals surface area contributed by atoms with Crippen molar-refractivity contribution in [3.8, 4) is 0 Å². The molecule has 2 aliphatic carbocycles. The first-order valence-corrected chi connectivity index (χ1v) is 9.48. The summed E-state index contributed by atoms with van der Waals surface area (Å²) in [5.74, 6) is 3.22. The number of nitro groups is 1. The van der Waals surface area contributed by atoms with E-state index in [1.807, 2.05) is 12.1 Å². The van der Waals surface area contributed by atoms with Crippen LogP contribution in [0.3, 0.4) is 0 Å². The van der Waals surface area contributed by atoms with Crippen LogP contribution in [-0.4, -0.2) is 16.9 Å². The fourth-order valence-corrected chi connectivity index (χ4v) is 4.23. The average molecular weight is 368 g/mol. The first kappa shape index (κ1) is 17.6. The maximum Gasteiger partial charge on any atom is 0.269 e. The van der Waals surface area contributed by atoms with E-state index in [0.29, 0.717) is 19.1 Å². The number of benzene rings is 1. The van der Waals surface area contributed by atoms with Crippen molar-refractivity contribution in [1.82, 2.24) is 10.6 Å². The van der Waals surface area contributed by atoms with Gasteiger partial charge in [0.1, 0.15) is 5.76 Å². The number of nitrogens with one attached hydrogen (secondary N) is 2. The van der Waals surface area contributed by atoms with Crippen molar-refractivity contribution in [2.45, 2.75) is 44.8 Å². The van der Waals surface area contributed by atoms with Gasteiger partial charge in [-0.1, -0.05) is 18.6 Å². The Hall–Kier alpha value is -2.83.